The number of rotatable bonds is 6. The first-order valence-electron chi connectivity index (χ1n) is 23.8. The van der Waals surface area contributed by atoms with Crippen molar-refractivity contribution in [2.24, 2.45) is 0 Å². The van der Waals surface area contributed by atoms with E-state index < -0.39 is 30.9 Å². The third-order valence-electron chi connectivity index (χ3n) is 12.9. The Bertz CT molecular complexity index is 3240. The van der Waals surface area contributed by atoms with Crippen LogP contribution in [0.5, 0.6) is 0 Å². The minimum Gasteiger partial charge on any atom is -0.310 e. The molecule has 0 aliphatic heterocycles. The van der Waals surface area contributed by atoms with Crippen LogP contribution in [0.3, 0.4) is 0 Å². The zero-order valence-electron chi connectivity index (χ0n) is 39.7. The smallest absolute Gasteiger partial charge is 0.0714 e. The molecule has 0 bridgehead atoms. The van der Waals surface area contributed by atoms with Crippen LogP contribution in [0.2, 0.25) is 0 Å². The summed E-state index contributed by atoms with van der Waals surface area (Å²) in [6.07, 6.45) is -8.79. The van der Waals surface area contributed by atoms with Crippen molar-refractivity contribution in [3.63, 3.8) is 0 Å². The maximum atomic E-state index is 8.91. The Morgan fingerprint density at radius 2 is 0.860 bits per heavy atom. The van der Waals surface area contributed by atoms with Crippen molar-refractivity contribution in [2.45, 2.75) is 50.2 Å². The number of aryl methyl sites for hydroxylation is 4. The average molecular weight is 738 g/mol. The summed E-state index contributed by atoms with van der Waals surface area (Å²) in [5, 5.41) is 0. The monoisotopic (exact) mass is 737 g/mol. The first kappa shape index (κ1) is 25.7. The molecule has 4 aliphatic carbocycles. The summed E-state index contributed by atoms with van der Waals surface area (Å²) in [6, 6.07) is 59.8. The van der Waals surface area contributed by atoms with Crippen LogP contribution in [0.1, 0.15) is 80.4 Å². The van der Waals surface area contributed by atoms with Gasteiger partial charge in [0.25, 0.3) is 0 Å². The molecule has 0 fully saturated rings. The van der Waals surface area contributed by atoms with Crippen LogP contribution in [0, 0.1) is 0 Å². The topological polar surface area (TPSA) is 3.24 Å². The molecule has 0 saturated heterocycles. The molecule has 0 N–H and O–H groups in total. The fraction of sp³-hybridized carbons (Fsp3) is 0.143. The highest BCUT2D eigenvalue weighted by Gasteiger charge is 2.47. The normalized spacial score (nSPS) is 21.2. The lowest BCUT2D eigenvalue weighted by atomic mass is 9.65. The lowest BCUT2D eigenvalue weighted by Crippen LogP contribution is -2.30. The molecule has 8 aromatic rings. The van der Waals surface area contributed by atoms with Crippen molar-refractivity contribution in [1.82, 2.24) is 0 Å². The van der Waals surface area contributed by atoms with Gasteiger partial charge < -0.3 is 4.90 Å². The van der Waals surface area contributed by atoms with E-state index in [1.165, 1.54) is 22.3 Å². The molecule has 1 nitrogen and oxygen atoms in total. The molecule has 272 valence electrons. The number of hydrogen-bond acceptors (Lipinski definition) is 1. The van der Waals surface area contributed by atoms with Crippen molar-refractivity contribution < 1.29 is 11.0 Å². The molecular weight excluding hydrogens is 687 g/mol. The van der Waals surface area contributed by atoms with Crippen LogP contribution in [0.25, 0.3) is 33.4 Å². The predicted molar refractivity (Wildman–Crippen MR) is 236 cm³/mol. The van der Waals surface area contributed by atoms with E-state index in [0.29, 0.717) is 22.3 Å². The van der Waals surface area contributed by atoms with Gasteiger partial charge in [-0.3, -0.25) is 0 Å². The van der Waals surface area contributed by atoms with Crippen LogP contribution in [0.4, 0.5) is 17.1 Å². The second-order valence-corrected chi connectivity index (χ2v) is 16.2. The first-order chi connectivity index (χ1) is 31.0. The zero-order chi connectivity index (χ0) is 45.1. The van der Waals surface area contributed by atoms with Gasteiger partial charge in [0.05, 0.1) is 5.41 Å². The number of anilines is 3. The van der Waals surface area contributed by atoms with Crippen molar-refractivity contribution in [1.29, 1.82) is 0 Å². The molecule has 1 heteroatoms. The van der Waals surface area contributed by atoms with E-state index >= 15 is 0 Å². The molecule has 57 heavy (non-hydrogen) atoms. The second-order valence-electron chi connectivity index (χ2n) is 16.2. The molecule has 0 spiro atoms. The van der Waals surface area contributed by atoms with E-state index in [2.05, 4.69) is 128 Å². The Hall–Kier alpha value is -6.44. The molecule has 0 aromatic heterocycles. The van der Waals surface area contributed by atoms with E-state index in [1.807, 2.05) is 54.6 Å². The summed E-state index contributed by atoms with van der Waals surface area (Å²) in [5.41, 5.74) is 15.1. The summed E-state index contributed by atoms with van der Waals surface area (Å²) in [7, 11) is 0. The van der Waals surface area contributed by atoms with Crippen LogP contribution >= 0.6 is 0 Å². The Morgan fingerprint density at radius 3 is 1.51 bits per heavy atom. The fourth-order valence-corrected chi connectivity index (χ4v) is 10.0. The summed E-state index contributed by atoms with van der Waals surface area (Å²) >= 11 is 0. The van der Waals surface area contributed by atoms with Gasteiger partial charge in [-0.2, -0.15) is 0 Å². The fourth-order valence-electron chi connectivity index (χ4n) is 10.0. The minimum atomic E-state index is -2.24. The largest absolute Gasteiger partial charge is 0.310 e. The maximum Gasteiger partial charge on any atom is 0.0714 e. The molecule has 0 amide bonds. The molecule has 4 aliphatic rings. The van der Waals surface area contributed by atoms with Gasteiger partial charge in [-0.25, -0.2) is 0 Å². The SMILES string of the molecule is [2H]C1([2H])c2ccc(C3(c4ccc5c(c4)C([2H])([2H])C5([2H])[2H])c4ccccc4-c4ccc(N(c5ccc(-c6ccccc6)cc5)c5ccc6c(c5)C(C)(C)c5ccccc5-6)cc43)cc2C1([2H])[2H]. The van der Waals surface area contributed by atoms with Gasteiger partial charge in [-0.05, 0) is 151 Å². The van der Waals surface area contributed by atoms with Gasteiger partial charge in [0.15, 0.2) is 0 Å². The van der Waals surface area contributed by atoms with Gasteiger partial charge in [-0.1, -0.05) is 153 Å². The van der Waals surface area contributed by atoms with Gasteiger partial charge >= 0.3 is 0 Å². The van der Waals surface area contributed by atoms with E-state index in [9.17, 15) is 0 Å². The van der Waals surface area contributed by atoms with Gasteiger partial charge in [-0.15, -0.1) is 0 Å². The highest BCUT2D eigenvalue weighted by Crippen LogP contribution is 2.58. The van der Waals surface area contributed by atoms with E-state index in [-0.39, 0.29) is 5.41 Å². The highest BCUT2D eigenvalue weighted by molar-refractivity contribution is 5.91. The second kappa shape index (κ2) is 12.0. The predicted octanol–water partition coefficient (Wildman–Crippen LogP) is 13.7. The molecule has 0 atom stereocenters. The van der Waals surface area contributed by atoms with E-state index in [4.69, 9.17) is 11.0 Å². The number of nitrogens with zero attached hydrogens (tertiary/aromatic N) is 1. The van der Waals surface area contributed by atoms with Crippen LogP contribution in [0.15, 0.2) is 176 Å². The Balaban J connectivity index is 1.12. The van der Waals surface area contributed by atoms with Crippen LogP contribution in [-0.2, 0) is 36.3 Å². The molecule has 0 radical (unpaired) electrons. The van der Waals surface area contributed by atoms with E-state index in [1.54, 1.807) is 12.1 Å². The zero-order valence-corrected chi connectivity index (χ0v) is 31.7. The Morgan fingerprint density at radius 1 is 0.386 bits per heavy atom. The first-order valence-corrected chi connectivity index (χ1v) is 19.8. The number of benzene rings is 8. The van der Waals surface area contributed by atoms with Crippen molar-refractivity contribution >= 4 is 17.1 Å². The van der Waals surface area contributed by atoms with Crippen molar-refractivity contribution in [3.05, 3.63) is 232 Å². The summed E-state index contributed by atoms with van der Waals surface area (Å²) in [6.45, 7) is 4.57. The molecule has 0 heterocycles. The van der Waals surface area contributed by atoms with Gasteiger partial charge in [0.1, 0.15) is 0 Å². The summed E-state index contributed by atoms with van der Waals surface area (Å²) in [5.74, 6) is 0. The molecule has 8 aromatic carbocycles. The van der Waals surface area contributed by atoms with Gasteiger partial charge in [0.2, 0.25) is 0 Å². The number of fused-ring (bicyclic) bond motifs is 8. The highest BCUT2D eigenvalue weighted by atomic mass is 15.1. The van der Waals surface area contributed by atoms with Crippen molar-refractivity contribution in [2.75, 3.05) is 4.90 Å². The molecule has 0 saturated carbocycles. The quantitative estimate of drug-likeness (QED) is 0.164. The Kier molecular flexibility index (Phi) is 5.42. The third-order valence-corrected chi connectivity index (χ3v) is 12.9. The lowest BCUT2D eigenvalue weighted by molar-refractivity contribution is 0.660. The van der Waals surface area contributed by atoms with E-state index in [0.717, 1.165) is 61.6 Å². The van der Waals surface area contributed by atoms with Crippen LogP contribution < -0.4 is 4.90 Å². The standard InChI is InChI=1S/C56H43N/c1-55(2)51-14-8-6-12-47(51)49-30-28-45(34-53(49)55)57(44-26-22-37(23-27-44)36-10-4-3-5-11-36)46-29-31-50-48-13-7-9-15-52(48)56(54(50)35-46,42-24-20-38-16-18-40(38)32-42)43-25-21-39-17-19-41(39)33-43/h3-15,20-35H,16-19H2,1-2H3/i16D2,17D2,18D2,19D2. The summed E-state index contributed by atoms with van der Waals surface area (Å²) < 4.78 is 70.2. The maximum absolute atomic E-state index is 8.91. The average Bonchev–Trinajstić information content (AvgIpc) is 3.74. The molecule has 0 unspecified atom stereocenters. The minimum absolute atomic E-state index is 0.246. The molecular formula is C56H43N. The summed E-state index contributed by atoms with van der Waals surface area (Å²) in [4.78, 5) is 2.29. The van der Waals surface area contributed by atoms with Crippen molar-refractivity contribution in [3.8, 4) is 33.4 Å². The Labute approximate surface area is 347 Å². The number of hydrogen-bond donors (Lipinski definition) is 0. The van der Waals surface area contributed by atoms with Crippen LogP contribution in [-0.4, -0.2) is 0 Å². The lowest BCUT2D eigenvalue weighted by Gasteiger charge is -2.37. The third kappa shape index (κ3) is 4.63. The molecule has 12 rings (SSSR count). The van der Waals surface area contributed by atoms with Gasteiger partial charge in [0, 0.05) is 33.4 Å².